The molecule has 0 atom stereocenters. The van der Waals surface area contributed by atoms with Crippen LogP contribution in [0.25, 0.3) is 0 Å². The lowest BCUT2D eigenvalue weighted by molar-refractivity contribution is 0.0734. The average molecular weight is 465 g/mol. The third-order valence-electron chi connectivity index (χ3n) is 5.36. The Balaban J connectivity index is 1.47. The van der Waals surface area contributed by atoms with Crippen LogP contribution in [0.2, 0.25) is 0 Å². The molecule has 1 fully saturated rings. The molecule has 7 nitrogen and oxygen atoms in total. The Morgan fingerprint density at radius 3 is 2.24 bits per heavy atom. The van der Waals surface area contributed by atoms with Crippen molar-refractivity contribution in [3.63, 3.8) is 0 Å². The quantitative estimate of drug-likeness (QED) is 0.433. The van der Waals surface area contributed by atoms with Crippen molar-refractivity contribution in [3.05, 3.63) is 90.0 Å². The molecule has 3 aromatic carbocycles. The number of sulfonamides is 1. The molecule has 3 aromatic rings. The number of esters is 1. The molecule has 170 valence electrons. The van der Waals surface area contributed by atoms with E-state index in [1.807, 2.05) is 6.07 Å². The molecule has 1 heterocycles. The van der Waals surface area contributed by atoms with E-state index in [9.17, 15) is 18.0 Å². The highest BCUT2D eigenvalue weighted by atomic mass is 32.2. The first kappa shape index (κ1) is 22.7. The second kappa shape index (κ2) is 9.97. The molecule has 8 heteroatoms. The Kier molecular flexibility index (Phi) is 6.86. The number of nitrogens with one attached hydrogen (secondary N) is 1. The number of hydrogen-bond acceptors (Lipinski definition) is 5. The Morgan fingerprint density at radius 2 is 1.48 bits per heavy atom. The number of anilines is 1. The smallest absolute Gasteiger partial charge is 0.343 e. The van der Waals surface area contributed by atoms with Gasteiger partial charge in [0.25, 0.3) is 5.91 Å². The van der Waals surface area contributed by atoms with Crippen LogP contribution < -0.4 is 10.1 Å². The average Bonchev–Trinajstić information content (AvgIpc) is 2.85. The van der Waals surface area contributed by atoms with Crippen molar-refractivity contribution in [1.82, 2.24) is 4.31 Å². The van der Waals surface area contributed by atoms with Gasteiger partial charge in [-0.15, -0.1) is 0 Å². The molecular formula is C25H24N2O5S. The van der Waals surface area contributed by atoms with E-state index in [1.54, 1.807) is 42.5 Å². The van der Waals surface area contributed by atoms with Crippen LogP contribution in [0.5, 0.6) is 5.75 Å². The van der Waals surface area contributed by atoms with E-state index in [0.29, 0.717) is 24.3 Å². The van der Waals surface area contributed by atoms with Gasteiger partial charge in [-0.2, -0.15) is 4.31 Å². The summed E-state index contributed by atoms with van der Waals surface area (Å²) in [6.07, 6.45) is 2.68. The lowest BCUT2D eigenvalue weighted by Gasteiger charge is -2.25. The monoisotopic (exact) mass is 464 g/mol. The SMILES string of the molecule is O=C(Nc1cccc(OC(=O)c2cccc(S(=O)(=O)N3CCCCC3)c2)c1)c1ccccc1. The van der Waals surface area contributed by atoms with Gasteiger partial charge in [-0.1, -0.05) is 36.8 Å². The normalized spacial score (nSPS) is 14.4. The lowest BCUT2D eigenvalue weighted by Crippen LogP contribution is -2.35. The maximum absolute atomic E-state index is 12.9. The van der Waals surface area contributed by atoms with Crippen LogP contribution in [0, 0.1) is 0 Å². The van der Waals surface area contributed by atoms with Crippen molar-refractivity contribution in [3.8, 4) is 5.75 Å². The van der Waals surface area contributed by atoms with Gasteiger partial charge in [-0.25, -0.2) is 13.2 Å². The first-order chi connectivity index (χ1) is 15.9. The Morgan fingerprint density at radius 1 is 0.788 bits per heavy atom. The maximum Gasteiger partial charge on any atom is 0.343 e. The van der Waals surface area contributed by atoms with Crippen LogP contribution in [-0.2, 0) is 10.0 Å². The number of ether oxygens (including phenoxy) is 1. The van der Waals surface area contributed by atoms with Crippen molar-refractivity contribution in [2.75, 3.05) is 18.4 Å². The number of carbonyl (C=O) groups is 2. The molecule has 1 amide bonds. The highest BCUT2D eigenvalue weighted by Crippen LogP contribution is 2.23. The Hall–Kier alpha value is -3.49. The summed E-state index contributed by atoms with van der Waals surface area (Å²) in [6.45, 7) is 0.969. The highest BCUT2D eigenvalue weighted by molar-refractivity contribution is 7.89. The second-order valence-corrected chi connectivity index (χ2v) is 9.67. The zero-order chi connectivity index (χ0) is 23.3. The fourth-order valence-electron chi connectivity index (χ4n) is 3.63. The van der Waals surface area contributed by atoms with Crippen LogP contribution in [0.3, 0.4) is 0 Å². The van der Waals surface area contributed by atoms with Gasteiger partial charge in [0.05, 0.1) is 10.5 Å². The van der Waals surface area contributed by atoms with Gasteiger partial charge in [-0.3, -0.25) is 4.79 Å². The minimum absolute atomic E-state index is 0.0720. The van der Waals surface area contributed by atoms with Crippen molar-refractivity contribution >= 4 is 27.6 Å². The van der Waals surface area contributed by atoms with E-state index in [4.69, 9.17) is 4.74 Å². The summed E-state index contributed by atoms with van der Waals surface area (Å²) in [7, 11) is -3.66. The number of nitrogens with zero attached hydrogens (tertiary/aromatic N) is 1. The zero-order valence-electron chi connectivity index (χ0n) is 17.9. The fraction of sp³-hybridized carbons (Fsp3) is 0.200. The van der Waals surface area contributed by atoms with Crippen LogP contribution in [0.15, 0.2) is 83.8 Å². The number of piperidine rings is 1. The fourth-order valence-corrected chi connectivity index (χ4v) is 5.20. The van der Waals surface area contributed by atoms with Gasteiger partial charge < -0.3 is 10.1 Å². The molecule has 4 rings (SSSR count). The van der Waals surface area contributed by atoms with Gasteiger partial charge in [0.15, 0.2) is 0 Å². The topological polar surface area (TPSA) is 92.8 Å². The number of hydrogen-bond donors (Lipinski definition) is 1. The van der Waals surface area contributed by atoms with Gasteiger partial charge in [0, 0.05) is 30.4 Å². The molecule has 0 aromatic heterocycles. The van der Waals surface area contributed by atoms with Gasteiger partial charge >= 0.3 is 5.97 Å². The van der Waals surface area contributed by atoms with E-state index in [2.05, 4.69) is 5.32 Å². The number of rotatable bonds is 6. The van der Waals surface area contributed by atoms with Gasteiger partial charge in [0.1, 0.15) is 5.75 Å². The van der Waals surface area contributed by atoms with Crippen LogP contribution in [0.1, 0.15) is 40.0 Å². The molecule has 1 aliphatic rings. The maximum atomic E-state index is 12.9. The first-order valence-electron chi connectivity index (χ1n) is 10.7. The van der Waals surface area contributed by atoms with Crippen molar-refractivity contribution < 1.29 is 22.7 Å². The predicted octanol–water partition coefficient (Wildman–Crippen LogP) is 4.33. The molecule has 1 N–H and O–H groups in total. The molecule has 0 spiro atoms. The molecule has 1 saturated heterocycles. The van der Waals surface area contributed by atoms with E-state index in [0.717, 1.165) is 19.3 Å². The summed E-state index contributed by atoms with van der Waals surface area (Å²) >= 11 is 0. The molecule has 0 aliphatic carbocycles. The number of amides is 1. The van der Waals surface area contributed by atoms with Crippen LogP contribution in [0.4, 0.5) is 5.69 Å². The van der Waals surface area contributed by atoms with Crippen LogP contribution in [-0.4, -0.2) is 37.7 Å². The minimum Gasteiger partial charge on any atom is -0.423 e. The summed E-state index contributed by atoms with van der Waals surface area (Å²) < 4.78 is 32.7. The molecule has 1 aliphatic heterocycles. The molecule has 0 unspecified atom stereocenters. The molecule has 0 bridgehead atoms. The highest BCUT2D eigenvalue weighted by Gasteiger charge is 2.26. The van der Waals surface area contributed by atoms with Crippen molar-refractivity contribution in [1.29, 1.82) is 0 Å². The lowest BCUT2D eigenvalue weighted by atomic mass is 10.2. The number of carbonyl (C=O) groups excluding carboxylic acids is 2. The van der Waals surface area contributed by atoms with Crippen LogP contribution >= 0.6 is 0 Å². The van der Waals surface area contributed by atoms with E-state index >= 15 is 0 Å². The standard InChI is InChI=1S/C25H24N2O5S/c28-24(19-9-3-1-4-10-19)26-21-12-8-13-22(18-21)32-25(29)20-11-7-14-23(17-20)33(30,31)27-15-5-2-6-16-27/h1,3-4,7-14,17-18H,2,5-6,15-16H2,(H,26,28). The number of benzene rings is 3. The molecule has 0 saturated carbocycles. The summed E-state index contributed by atoms with van der Waals surface area (Å²) in [5, 5.41) is 2.76. The Labute approximate surface area is 193 Å². The summed E-state index contributed by atoms with van der Waals surface area (Å²) in [5.41, 5.74) is 1.11. The van der Waals surface area contributed by atoms with E-state index in [-0.39, 0.29) is 22.1 Å². The van der Waals surface area contributed by atoms with Crippen molar-refractivity contribution in [2.24, 2.45) is 0 Å². The van der Waals surface area contributed by atoms with Crippen molar-refractivity contribution in [2.45, 2.75) is 24.2 Å². The second-order valence-electron chi connectivity index (χ2n) is 7.73. The summed E-state index contributed by atoms with van der Waals surface area (Å²) in [4.78, 5) is 25.1. The van der Waals surface area contributed by atoms with E-state index in [1.165, 1.54) is 34.6 Å². The summed E-state index contributed by atoms with van der Waals surface area (Å²) in [6, 6.07) is 21.1. The predicted molar refractivity (Wildman–Crippen MR) is 125 cm³/mol. The minimum atomic E-state index is -3.66. The van der Waals surface area contributed by atoms with Gasteiger partial charge in [-0.05, 0) is 55.3 Å². The largest absolute Gasteiger partial charge is 0.423 e. The first-order valence-corrected chi connectivity index (χ1v) is 12.2. The zero-order valence-corrected chi connectivity index (χ0v) is 18.8. The molecule has 33 heavy (non-hydrogen) atoms. The third-order valence-corrected chi connectivity index (χ3v) is 7.26. The van der Waals surface area contributed by atoms with Gasteiger partial charge in [0.2, 0.25) is 10.0 Å². The third kappa shape index (κ3) is 5.47. The van der Waals surface area contributed by atoms with E-state index < -0.39 is 16.0 Å². The molecular weight excluding hydrogens is 440 g/mol. The molecule has 0 radical (unpaired) electrons. The Bertz CT molecular complexity index is 1250. The summed E-state index contributed by atoms with van der Waals surface area (Å²) in [5.74, 6) is -0.734.